The molecule has 0 atom stereocenters. The Morgan fingerprint density at radius 1 is 1.11 bits per heavy atom. The lowest BCUT2D eigenvalue weighted by Crippen LogP contribution is -2.27. The van der Waals surface area contributed by atoms with E-state index in [0.717, 1.165) is 18.7 Å². The Hall–Kier alpha value is -2.03. The predicted octanol–water partition coefficient (Wildman–Crippen LogP) is 3.53. The zero-order valence-electron chi connectivity index (χ0n) is 11.2. The van der Waals surface area contributed by atoms with Crippen LogP contribution in [0.4, 0.5) is 5.69 Å². The molecule has 2 rings (SSSR count). The average molecular weight is 257 g/mol. The monoisotopic (exact) mass is 257 g/mol. The van der Waals surface area contributed by atoms with Crippen LogP contribution in [-0.2, 0) is 4.79 Å². The SMILES string of the molecule is CCCN(CCC(=O)O)c1cccc2ccccc12. The first kappa shape index (κ1) is 13.4. The fourth-order valence-corrected chi connectivity index (χ4v) is 2.34. The molecule has 100 valence electrons. The van der Waals surface area contributed by atoms with Crippen molar-refractivity contribution >= 4 is 22.4 Å². The highest BCUT2D eigenvalue weighted by atomic mass is 16.4. The number of benzene rings is 2. The van der Waals surface area contributed by atoms with Gasteiger partial charge in [0, 0.05) is 24.2 Å². The van der Waals surface area contributed by atoms with Crippen molar-refractivity contribution in [1.82, 2.24) is 0 Å². The van der Waals surface area contributed by atoms with Crippen molar-refractivity contribution in [3.05, 3.63) is 42.5 Å². The lowest BCUT2D eigenvalue weighted by molar-refractivity contribution is -0.136. The Balaban J connectivity index is 2.35. The van der Waals surface area contributed by atoms with Crippen molar-refractivity contribution in [2.45, 2.75) is 19.8 Å². The lowest BCUT2D eigenvalue weighted by Gasteiger charge is -2.25. The average Bonchev–Trinajstić information content (AvgIpc) is 2.43. The van der Waals surface area contributed by atoms with Gasteiger partial charge in [0.1, 0.15) is 0 Å². The van der Waals surface area contributed by atoms with E-state index in [1.54, 1.807) is 0 Å². The minimum Gasteiger partial charge on any atom is -0.481 e. The summed E-state index contributed by atoms with van der Waals surface area (Å²) in [5.74, 6) is -0.749. The second kappa shape index (κ2) is 6.23. The van der Waals surface area contributed by atoms with Crippen LogP contribution in [0.2, 0.25) is 0 Å². The molecule has 3 nitrogen and oxygen atoms in total. The van der Waals surface area contributed by atoms with Crippen LogP contribution < -0.4 is 4.90 Å². The van der Waals surface area contributed by atoms with Crippen molar-refractivity contribution in [3.8, 4) is 0 Å². The quantitative estimate of drug-likeness (QED) is 0.860. The van der Waals surface area contributed by atoms with Crippen molar-refractivity contribution in [2.24, 2.45) is 0 Å². The van der Waals surface area contributed by atoms with E-state index in [1.165, 1.54) is 10.8 Å². The number of fused-ring (bicyclic) bond motifs is 1. The Labute approximate surface area is 113 Å². The molecule has 1 N–H and O–H groups in total. The van der Waals surface area contributed by atoms with E-state index >= 15 is 0 Å². The Morgan fingerprint density at radius 3 is 2.58 bits per heavy atom. The first-order chi connectivity index (χ1) is 9.22. The van der Waals surface area contributed by atoms with E-state index in [2.05, 4.69) is 36.1 Å². The van der Waals surface area contributed by atoms with Gasteiger partial charge in [0.2, 0.25) is 0 Å². The van der Waals surface area contributed by atoms with Gasteiger partial charge >= 0.3 is 5.97 Å². The summed E-state index contributed by atoms with van der Waals surface area (Å²) < 4.78 is 0. The molecular formula is C16H19NO2. The van der Waals surface area contributed by atoms with Crippen LogP contribution in [-0.4, -0.2) is 24.2 Å². The molecular weight excluding hydrogens is 238 g/mol. The molecule has 0 bridgehead atoms. The van der Waals surface area contributed by atoms with Gasteiger partial charge in [-0.25, -0.2) is 0 Å². The molecule has 0 unspecified atom stereocenters. The summed E-state index contributed by atoms with van der Waals surface area (Å²) in [5.41, 5.74) is 1.13. The maximum Gasteiger partial charge on any atom is 0.305 e. The summed E-state index contributed by atoms with van der Waals surface area (Å²) in [6, 6.07) is 14.4. The lowest BCUT2D eigenvalue weighted by atomic mass is 10.1. The molecule has 0 aromatic heterocycles. The van der Waals surface area contributed by atoms with Gasteiger partial charge in [-0.3, -0.25) is 4.79 Å². The van der Waals surface area contributed by atoms with Gasteiger partial charge in [-0.15, -0.1) is 0 Å². The summed E-state index contributed by atoms with van der Waals surface area (Å²) in [6.45, 7) is 3.54. The van der Waals surface area contributed by atoms with Crippen LogP contribution in [0.1, 0.15) is 19.8 Å². The minimum absolute atomic E-state index is 0.170. The van der Waals surface area contributed by atoms with Crippen molar-refractivity contribution in [1.29, 1.82) is 0 Å². The normalized spacial score (nSPS) is 10.6. The summed E-state index contributed by atoms with van der Waals surface area (Å²) in [7, 11) is 0. The van der Waals surface area contributed by atoms with E-state index < -0.39 is 5.97 Å². The number of carboxylic acid groups (broad SMARTS) is 1. The highest BCUT2D eigenvalue weighted by Gasteiger charge is 2.10. The first-order valence-corrected chi connectivity index (χ1v) is 6.67. The number of rotatable bonds is 6. The number of hydrogen-bond donors (Lipinski definition) is 1. The zero-order chi connectivity index (χ0) is 13.7. The molecule has 19 heavy (non-hydrogen) atoms. The maximum atomic E-state index is 10.8. The van der Waals surface area contributed by atoms with Crippen LogP contribution in [0, 0.1) is 0 Å². The number of hydrogen-bond acceptors (Lipinski definition) is 2. The molecule has 0 aliphatic heterocycles. The fourth-order valence-electron chi connectivity index (χ4n) is 2.34. The van der Waals surface area contributed by atoms with Gasteiger partial charge in [0.15, 0.2) is 0 Å². The van der Waals surface area contributed by atoms with E-state index in [-0.39, 0.29) is 6.42 Å². The predicted molar refractivity (Wildman–Crippen MR) is 78.7 cm³/mol. The van der Waals surface area contributed by atoms with Crippen molar-refractivity contribution < 1.29 is 9.90 Å². The topological polar surface area (TPSA) is 40.5 Å². The van der Waals surface area contributed by atoms with Crippen LogP contribution in [0.3, 0.4) is 0 Å². The van der Waals surface area contributed by atoms with Gasteiger partial charge in [-0.05, 0) is 17.9 Å². The largest absolute Gasteiger partial charge is 0.481 e. The molecule has 0 saturated carbocycles. The summed E-state index contributed by atoms with van der Waals surface area (Å²) in [6.07, 6.45) is 1.17. The van der Waals surface area contributed by atoms with E-state index in [9.17, 15) is 4.79 Å². The van der Waals surface area contributed by atoms with Crippen molar-refractivity contribution in [3.63, 3.8) is 0 Å². The molecule has 0 heterocycles. The van der Waals surface area contributed by atoms with Crippen LogP contribution >= 0.6 is 0 Å². The van der Waals surface area contributed by atoms with Gasteiger partial charge in [-0.1, -0.05) is 43.3 Å². The third kappa shape index (κ3) is 3.25. The van der Waals surface area contributed by atoms with Crippen molar-refractivity contribution in [2.75, 3.05) is 18.0 Å². The van der Waals surface area contributed by atoms with Gasteiger partial charge in [-0.2, -0.15) is 0 Å². The molecule has 0 aliphatic carbocycles. The standard InChI is InChI=1S/C16H19NO2/c1-2-11-17(12-10-16(18)19)15-9-5-7-13-6-3-4-8-14(13)15/h3-9H,2,10-12H2,1H3,(H,18,19). The molecule has 0 fully saturated rings. The second-order valence-electron chi connectivity index (χ2n) is 4.63. The Bertz CT molecular complexity index is 560. The molecule has 0 saturated heterocycles. The smallest absolute Gasteiger partial charge is 0.305 e. The number of aliphatic carboxylic acids is 1. The number of carboxylic acids is 1. The molecule has 3 heteroatoms. The zero-order valence-corrected chi connectivity index (χ0v) is 11.2. The third-order valence-corrected chi connectivity index (χ3v) is 3.20. The molecule has 0 aliphatic rings. The molecule has 2 aromatic rings. The molecule has 0 amide bonds. The fraction of sp³-hybridized carbons (Fsp3) is 0.312. The number of carbonyl (C=O) groups is 1. The third-order valence-electron chi connectivity index (χ3n) is 3.20. The summed E-state index contributed by atoms with van der Waals surface area (Å²) in [4.78, 5) is 12.9. The Kier molecular flexibility index (Phi) is 4.39. The first-order valence-electron chi connectivity index (χ1n) is 6.67. The van der Waals surface area contributed by atoms with E-state index in [1.807, 2.05) is 18.2 Å². The molecule has 2 aromatic carbocycles. The summed E-state index contributed by atoms with van der Waals surface area (Å²) >= 11 is 0. The van der Waals surface area contributed by atoms with Crippen LogP contribution in [0.5, 0.6) is 0 Å². The second-order valence-corrected chi connectivity index (χ2v) is 4.63. The minimum atomic E-state index is -0.749. The van der Waals surface area contributed by atoms with E-state index in [0.29, 0.717) is 6.54 Å². The van der Waals surface area contributed by atoms with Gasteiger partial charge < -0.3 is 10.0 Å². The van der Waals surface area contributed by atoms with Crippen LogP contribution in [0.25, 0.3) is 10.8 Å². The maximum absolute atomic E-state index is 10.8. The van der Waals surface area contributed by atoms with Gasteiger partial charge in [0.05, 0.1) is 6.42 Å². The van der Waals surface area contributed by atoms with E-state index in [4.69, 9.17) is 5.11 Å². The number of anilines is 1. The molecule has 0 spiro atoms. The summed E-state index contributed by atoms with van der Waals surface area (Å²) in [5, 5.41) is 11.2. The van der Waals surface area contributed by atoms with Gasteiger partial charge in [0.25, 0.3) is 0 Å². The number of nitrogens with zero attached hydrogens (tertiary/aromatic N) is 1. The Morgan fingerprint density at radius 2 is 1.84 bits per heavy atom. The highest BCUT2D eigenvalue weighted by Crippen LogP contribution is 2.26. The highest BCUT2D eigenvalue weighted by molar-refractivity contribution is 5.94. The molecule has 0 radical (unpaired) electrons. The van der Waals surface area contributed by atoms with Crippen LogP contribution in [0.15, 0.2) is 42.5 Å².